The van der Waals surface area contributed by atoms with Gasteiger partial charge in [-0.3, -0.25) is 32.3 Å². The molecule has 8 rings (SSSR count). The van der Waals surface area contributed by atoms with Crippen molar-refractivity contribution in [3.8, 4) is 0 Å². The third-order valence-electron chi connectivity index (χ3n) is 9.46. The maximum atomic E-state index is 13.8. The number of aliphatic hydroxyl groups is 3. The average Bonchev–Trinajstić information content (AvgIpc) is 3.85. The van der Waals surface area contributed by atoms with Crippen LogP contribution >= 0.6 is 25.8 Å². The van der Waals surface area contributed by atoms with Crippen LogP contribution in [0.3, 0.4) is 0 Å². The van der Waals surface area contributed by atoms with Gasteiger partial charge < -0.3 is 49.4 Å². The second-order valence-electron chi connectivity index (χ2n) is 12.9. The van der Waals surface area contributed by atoms with Crippen LogP contribution in [0, 0.1) is 0 Å². The molecule has 0 saturated carbocycles. The summed E-state index contributed by atoms with van der Waals surface area (Å²) in [5.74, 6) is 0.0285. The molecule has 2 bridgehead atoms. The number of amides is 1. The van der Waals surface area contributed by atoms with E-state index in [9.17, 15) is 29.3 Å². The standard InChI is InChI=1S/C28H35N9O13P2S2/c38-7-16(39)29-4-5-35-11-34-25-18(26(35)42)33-12-37(25)28-22-19(40)14(47-28)8-45-51(43,53)49-21-15(9-46-52(44,54)50-22)48-27(20(21)41)36-6-13-2-1-3-30-23-17(13)24(36)32-10-31-23/h6,10-12,14-15,19-22,27-28,38,40-41H,1-5,7-9H2,(H,29,39)(H,43,53)(H,44,54)(H,30,31,32)/t14-,15-,19-,20-,21-,22-,27-,28-,51?,52?/m1/s1. The van der Waals surface area contributed by atoms with Gasteiger partial charge in [0.1, 0.15) is 67.4 Å². The Morgan fingerprint density at radius 2 is 1.81 bits per heavy atom. The minimum absolute atomic E-state index is 0.0109. The molecule has 4 aliphatic heterocycles. The van der Waals surface area contributed by atoms with Crippen molar-refractivity contribution < 1.29 is 57.1 Å². The van der Waals surface area contributed by atoms with Crippen molar-refractivity contribution in [1.82, 2.24) is 39.0 Å². The largest absolute Gasteiger partial charge is 0.387 e. The first-order valence-electron chi connectivity index (χ1n) is 16.7. The molecule has 22 nitrogen and oxygen atoms in total. The summed E-state index contributed by atoms with van der Waals surface area (Å²) in [4.78, 5) is 53.1. The fourth-order valence-electron chi connectivity index (χ4n) is 6.94. The first-order valence-corrected chi connectivity index (χ1v) is 22.0. The number of carbonyl (C=O) groups is 1. The summed E-state index contributed by atoms with van der Waals surface area (Å²) in [6, 6.07) is 0. The Balaban J connectivity index is 1.06. The summed E-state index contributed by atoms with van der Waals surface area (Å²) in [7, 11) is 0. The lowest BCUT2D eigenvalue weighted by Gasteiger charge is -2.27. The predicted octanol–water partition coefficient (Wildman–Crippen LogP) is -0.907. The molecule has 3 saturated heterocycles. The quantitative estimate of drug-likeness (QED) is 0.0915. The van der Waals surface area contributed by atoms with Gasteiger partial charge in [-0.2, -0.15) is 0 Å². The fourth-order valence-corrected chi connectivity index (χ4v) is 9.84. The summed E-state index contributed by atoms with van der Waals surface area (Å²) in [6.07, 6.45) is -3.67. The van der Waals surface area contributed by atoms with E-state index in [1.54, 1.807) is 10.8 Å². The van der Waals surface area contributed by atoms with E-state index in [1.807, 2.05) is 0 Å². The Morgan fingerprint density at radius 1 is 1.02 bits per heavy atom. The monoisotopic (exact) mass is 831 g/mol. The van der Waals surface area contributed by atoms with Crippen LogP contribution in [0.25, 0.3) is 22.2 Å². The molecule has 0 aliphatic carbocycles. The van der Waals surface area contributed by atoms with E-state index in [0.717, 1.165) is 23.9 Å². The molecule has 4 aromatic heterocycles. The zero-order valence-corrected chi connectivity index (χ0v) is 31.4. The van der Waals surface area contributed by atoms with Gasteiger partial charge in [0.25, 0.3) is 5.56 Å². The molecule has 292 valence electrons. The molecule has 2 unspecified atom stereocenters. The number of nitrogens with one attached hydrogen (secondary N) is 2. The van der Waals surface area contributed by atoms with Crippen molar-refractivity contribution in [2.75, 3.05) is 38.2 Å². The average molecular weight is 832 g/mol. The Labute approximate surface area is 314 Å². The lowest BCUT2D eigenvalue weighted by atomic mass is 10.1. The number of imidazole rings is 1. The van der Waals surface area contributed by atoms with Gasteiger partial charge in [0.15, 0.2) is 23.6 Å². The third kappa shape index (κ3) is 7.13. The van der Waals surface area contributed by atoms with Gasteiger partial charge in [0, 0.05) is 25.8 Å². The van der Waals surface area contributed by atoms with Gasteiger partial charge >= 0.3 is 13.5 Å². The third-order valence-corrected chi connectivity index (χ3v) is 12.6. The predicted molar refractivity (Wildman–Crippen MR) is 191 cm³/mol. The molecule has 6 N–H and O–H groups in total. The van der Waals surface area contributed by atoms with Crippen LogP contribution in [0.15, 0.2) is 30.0 Å². The molecular formula is C28H35N9O13P2S2. The van der Waals surface area contributed by atoms with E-state index in [1.165, 1.54) is 28.1 Å². The van der Waals surface area contributed by atoms with E-state index < -0.39 is 93.9 Å². The number of rotatable bonds is 6. The molecule has 0 spiro atoms. The number of anilines is 1. The zero-order valence-electron chi connectivity index (χ0n) is 27.9. The molecule has 0 aromatic carbocycles. The van der Waals surface area contributed by atoms with E-state index in [0.29, 0.717) is 17.9 Å². The van der Waals surface area contributed by atoms with Gasteiger partial charge in [0.05, 0.1) is 24.9 Å². The van der Waals surface area contributed by atoms with E-state index in [2.05, 4.69) is 42.8 Å². The van der Waals surface area contributed by atoms with E-state index >= 15 is 0 Å². The van der Waals surface area contributed by atoms with Crippen molar-refractivity contribution >= 4 is 71.5 Å². The van der Waals surface area contributed by atoms with Crippen LogP contribution in [0.2, 0.25) is 0 Å². The summed E-state index contributed by atoms with van der Waals surface area (Å²) in [6.45, 7) is -9.63. The van der Waals surface area contributed by atoms with Gasteiger partial charge in [-0.15, -0.1) is 0 Å². The summed E-state index contributed by atoms with van der Waals surface area (Å²) in [5, 5.41) is 38.3. The minimum Gasteiger partial charge on any atom is -0.387 e. The summed E-state index contributed by atoms with van der Waals surface area (Å²) < 4.78 is 53.1. The first kappa shape index (κ1) is 38.0. The fraction of sp³-hybridized carbons (Fsp3) is 0.571. The zero-order chi connectivity index (χ0) is 37.9. The Bertz CT molecular complexity index is 2240. The van der Waals surface area contributed by atoms with Crippen LogP contribution in [-0.2, 0) is 61.7 Å². The van der Waals surface area contributed by atoms with E-state index in [-0.39, 0.29) is 24.3 Å². The Morgan fingerprint density at radius 3 is 2.63 bits per heavy atom. The van der Waals surface area contributed by atoms with Gasteiger partial charge in [-0.25, -0.2) is 24.5 Å². The number of aryl methyl sites for hydroxylation is 1. The molecule has 26 heteroatoms. The Hall–Kier alpha value is -2.93. The number of ether oxygens (including phenoxy) is 2. The molecule has 4 aliphatic rings. The number of hydrogen-bond acceptors (Lipinski definition) is 18. The first-order chi connectivity index (χ1) is 25.8. The van der Waals surface area contributed by atoms with Gasteiger partial charge in [-0.1, -0.05) is 12.2 Å². The van der Waals surface area contributed by atoms with E-state index in [4.69, 9.17) is 44.5 Å². The van der Waals surface area contributed by atoms with Crippen LogP contribution in [0.4, 0.5) is 5.82 Å². The van der Waals surface area contributed by atoms with Crippen molar-refractivity contribution in [2.45, 2.75) is 68.5 Å². The highest BCUT2D eigenvalue weighted by atomic mass is 32.7. The molecule has 1 amide bonds. The highest BCUT2D eigenvalue weighted by molar-refractivity contribution is 8.44. The van der Waals surface area contributed by atoms with Crippen molar-refractivity contribution in [3.05, 3.63) is 41.1 Å². The number of aromatic nitrogens is 7. The highest BCUT2D eigenvalue weighted by Crippen LogP contribution is 2.58. The molecule has 54 heavy (non-hydrogen) atoms. The van der Waals surface area contributed by atoms with Crippen LogP contribution in [0.5, 0.6) is 0 Å². The Kier molecular flexibility index (Phi) is 10.4. The van der Waals surface area contributed by atoms with Crippen molar-refractivity contribution in [1.29, 1.82) is 0 Å². The van der Waals surface area contributed by atoms with Gasteiger partial charge in [-0.05, 0) is 30.2 Å². The lowest BCUT2D eigenvalue weighted by Crippen LogP contribution is -2.36. The lowest BCUT2D eigenvalue weighted by molar-refractivity contribution is -0.123. The van der Waals surface area contributed by atoms with Crippen LogP contribution in [-0.4, -0.2) is 129 Å². The second-order valence-corrected chi connectivity index (χ2v) is 18.5. The highest BCUT2D eigenvalue weighted by Gasteiger charge is 2.53. The van der Waals surface area contributed by atoms with Crippen LogP contribution < -0.4 is 16.2 Å². The number of fused-ring (bicyclic) bond motifs is 4. The number of nitrogens with zero attached hydrogens (tertiary/aromatic N) is 7. The SMILES string of the molecule is O=C(CO)NCCn1cnc2c(ncn2[C@@H]2O[C@@H]3COP(O)(=S)O[C@H]4[C@@H](O)[C@H](n5cc6c7c(ncnc75)NCCC6)O[C@@H]4COP(=O)(S)O[C@@H]2[C@@H]3O)c1=O. The summed E-state index contributed by atoms with van der Waals surface area (Å²) >= 11 is 9.49. The summed E-state index contributed by atoms with van der Waals surface area (Å²) in [5.41, 5.74) is 0.755. The maximum Gasteiger partial charge on any atom is 0.386 e. The molecule has 3 fully saturated rings. The molecule has 10 atom stereocenters. The second kappa shape index (κ2) is 14.9. The number of aliphatic hydroxyl groups excluding tert-OH is 3. The molecule has 8 heterocycles. The number of carbonyl (C=O) groups excluding carboxylic acids is 1. The maximum absolute atomic E-state index is 13.8. The smallest absolute Gasteiger partial charge is 0.386 e. The minimum atomic E-state index is -4.40. The number of hydrogen-bond donors (Lipinski definition) is 7. The van der Waals surface area contributed by atoms with Crippen molar-refractivity contribution in [3.63, 3.8) is 0 Å². The molecule has 0 radical (unpaired) electrons. The van der Waals surface area contributed by atoms with Gasteiger partial charge in [0.2, 0.25) is 5.91 Å². The topological polar surface area (TPSA) is 278 Å². The van der Waals surface area contributed by atoms with Crippen LogP contribution in [0.1, 0.15) is 24.4 Å². The number of thiol groups is 1. The molecular weight excluding hydrogens is 796 g/mol. The van der Waals surface area contributed by atoms with Crippen molar-refractivity contribution in [2.24, 2.45) is 0 Å². The normalized spacial score (nSPS) is 34.4. The molecule has 4 aromatic rings.